The number of allylic oxidation sites excluding steroid dienone is 1. The van der Waals surface area contributed by atoms with Crippen molar-refractivity contribution in [3.63, 3.8) is 0 Å². The van der Waals surface area contributed by atoms with E-state index in [2.05, 4.69) is 55.9 Å². The number of aromatic amines is 2. The lowest BCUT2D eigenvalue weighted by atomic mass is 10.1. The van der Waals surface area contributed by atoms with E-state index in [0.29, 0.717) is 34.2 Å². The number of nitrogens with zero attached hydrogens (tertiary/aromatic N) is 5. The second-order valence-electron chi connectivity index (χ2n) is 10.1. The Morgan fingerprint density at radius 1 is 1.00 bits per heavy atom. The van der Waals surface area contributed by atoms with Crippen LogP contribution >= 0.6 is 0 Å². The van der Waals surface area contributed by atoms with Gasteiger partial charge in [-0.15, -0.1) is 0 Å². The van der Waals surface area contributed by atoms with E-state index in [0.717, 1.165) is 51.0 Å². The van der Waals surface area contributed by atoms with Gasteiger partial charge in [0.25, 0.3) is 0 Å². The van der Waals surface area contributed by atoms with Gasteiger partial charge in [-0.1, -0.05) is 20.4 Å². The summed E-state index contributed by atoms with van der Waals surface area (Å²) in [6.07, 6.45) is 7.88. The zero-order valence-electron chi connectivity index (χ0n) is 21.9. The van der Waals surface area contributed by atoms with Crippen LogP contribution in [0.5, 0.6) is 0 Å². The maximum Gasteiger partial charge on any atom is 0.159 e. The van der Waals surface area contributed by atoms with E-state index in [4.69, 9.17) is 4.98 Å². The van der Waals surface area contributed by atoms with E-state index < -0.39 is 0 Å². The topological polar surface area (TPSA) is 108 Å². The van der Waals surface area contributed by atoms with Crippen molar-refractivity contribution in [3.05, 3.63) is 84.8 Å². The van der Waals surface area contributed by atoms with Gasteiger partial charge in [-0.3, -0.25) is 20.1 Å². The van der Waals surface area contributed by atoms with E-state index in [9.17, 15) is 4.39 Å². The fourth-order valence-electron chi connectivity index (χ4n) is 4.78. The number of aromatic nitrogens is 7. The molecule has 6 rings (SSSR count). The summed E-state index contributed by atoms with van der Waals surface area (Å²) in [6, 6.07) is 10.7. The minimum Gasteiger partial charge on any atom is -0.358 e. The standard InChI is InChI=1S/C30H27FN8/c1-16(2)7-18(4)35-22-11-20(13-32-14-22)25-12-23-26(15-34-25)38-39-28(23)30-36-24-5-6-33-27(29(24)37-30)19-8-17(3)9-21(31)10-19/h5-6,8-16,35H,4,7H2,1-3H3,(H,36,37)(H,38,39). The molecule has 5 aromatic heterocycles. The number of rotatable bonds is 7. The highest BCUT2D eigenvalue weighted by Crippen LogP contribution is 2.32. The molecule has 6 aromatic rings. The second-order valence-corrected chi connectivity index (χ2v) is 10.1. The van der Waals surface area contributed by atoms with E-state index >= 15 is 0 Å². The zero-order chi connectivity index (χ0) is 27.1. The van der Waals surface area contributed by atoms with Crippen LogP contribution in [0.15, 0.2) is 73.5 Å². The number of aryl methyl sites for hydroxylation is 1. The van der Waals surface area contributed by atoms with E-state index in [1.54, 1.807) is 24.8 Å². The number of imidazole rings is 1. The smallest absolute Gasteiger partial charge is 0.159 e. The Hall–Kier alpha value is -4.92. The van der Waals surface area contributed by atoms with Crippen molar-refractivity contribution in [2.75, 3.05) is 5.32 Å². The molecule has 0 spiro atoms. The van der Waals surface area contributed by atoms with Crippen LogP contribution in [-0.2, 0) is 0 Å². The van der Waals surface area contributed by atoms with Crippen LogP contribution in [0.4, 0.5) is 10.1 Å². The maximum atomic E-state index is 14.1. The molecule has 0 radical (unpaired) electrons. The molecule has 0 atom stereocenters. The average molecular weight is 519 g/mol. The molecule has 0 saturated carbocycles. The van der Waals surface area contributed by atoms with Crippen LogP contribution in [0.1, 0.15) is 25.8 Å². The maximum absolute atomic E-state index is 14.1. The third-order valence-corrected chi connectivity index (χ3v) is 6.40. The van der Waals surface area contributed by atoms with Crippen LogP contribution in [0.3, 0.4) is 0 Å². The summed E-state index contributed by atoms with van der Waals surface area (Å²) in [5, 5.41) is 11.8. The highest BCUT2D eigenvalue weighted by Gasteiger charge is 2.17. The fraction of sp³-hybridized carbons (Fsp3) is 0.167. The number of pyridine rings is 3. The molecular formula is C30H27FN8. The third kappa shape index (κ3) is 4.86. The highest BCUT2D eigenvalue weighted by molar-refractivity contribution is 5.97. The van der Waals surface area contributed by atoms with Gasteiger partial charge in [0.05, 0.1) is 40.5 Å². The van der Waals surface area contributed by atoms with Gasteiger partial charge in [-0.25, -0.2) is 9.37 Å². The summed E-state index contributed by atoms with van der Waals surface area (Å²) in [6.45, 7) is 10.3. The normalized spacial score (nSPS) is 11.5. The first-order chi connectivity index (χ1) is 18.8. The molecule has 1 aromatic carbocycles. The summed E-state index contributed by atoms with van der Waals surface area (Å²) in [7, 11) is 0. The Kier molecular flexibility index (Phi) is 6.11. The van der Waals surface area contributed by atoms with Crippen molar-refractivity contribution in [3.8, 4) is 34.0 Å². The van der Waals surface area contributed by atoms with Crippen LogP contribution in [0, 0.1) is 18.7 Å². The van der Waals surface area contributed by atoms with E-state index in [1.165, 1.54) is 12.1 Å². The zero-order valence-corrected chi connectivity index (χ0v) is 21.9. The minimum absolute atomic E-state index is 0.309. The van der Waals surface area contributed by atoms with Crippen molar-refractivity contribution >= 4 is 27.6 Å². The van der Waals surface area contributed by atoms with Gasteiger partial charge in [0.15, 0.2) is 5.82 Å². The summed E-state index contributed by atoms with van der Waals surface area (Å²) in [5.74, 6) is 0.776. The summed E-state index contributed by atoms with van der Waals surface area (Å²) >= 11 is 0. The summed E-state index contributed by atoms with van der Waals surface area (Å²) in [4.78, 5) is 21.7. The molecule has 0 amide bonds. The van der Waals surface area contributed by atoms with Crippen molar-refractivity contribution in [2.24, 2.45) is 5.92 Å². The van der Waals surface area contributed by atoms with Crippen LogP contribution in [-0.4, -0.2) is 35.1 Å². The van der Waals surface area contributed by atoms with E-state index in [1.807, 2.05) is 31.2 Å². The molecule has 0 aliphatic heterocycles. The van der Waals surface area contributed by atoms with Gasteiger partial charge < -0.3 is 10.3 Å². The van der Waals surface area contributed by atoms with Gasteiger partial charge in [0.1, 0.15) is 17.0 Å². The second kappa shape index (κ2) is 9.75. The van der Waals surface area contributed by atoms with Crippen molar-refractivity contribution in [1.29, 1.82) is 0 Å². The third-order valence-electron chi connectivity index (χ3n) is 6.40. The number of nitrogens with one attached hydrogen (secondary N) is 3. The molecule has 0 aliphatic rings. The predicted octanol–water partition coefficient (Wildman–Crippen LogP) is 7.04. The van der Waals surface area contributed by atoms with Gasteiger partial charge in [-0.2, -0.15) is 5.10 Å². The molecular weight excluding hydrogens is 491 g/mol. The van der Waals surface area contributed by atoms with Crippen molar-refractivity contribution < 1.29 is 4.39 Å². The van der Waals surface area contributed by atoms with Crippen molar-refractivity contribution in [2.45, 2.75) is 27.2 Å². The summed E-state index contributed by atoms with van der Waals surface area (Å²) < 4.78 is 14.1. The number of benzene rings is 1. The number of halogens is 1. The Morgan fingerprint density at radius 2 is 1.87 bits per heavy atom. The average Bonchev–Trinajstić information content (AvgIpc) is 3.51. The molecule has 39 heavy (non-hydrogen) atoms. The highest BCUT2D eigenvalue weighted by atomic mass is 19.1. The predicted molar refractivity (Wildman–Crippen MR) is 152 cm³/mol. The molecule has 9 heteroatoms. The largest absolute Gasteiger partial charge is 0.358 e. The molecule has 0 bridgehead atoms. The van der Waals surface area contributed by atoms with Gasteiger partial charge in [-0.05, 0) is 61.2 Å². The summed E-state index contributed by atoms with van der Waals surface area (Å²) in [5.41, 5.74) is 8.37. The molecule has 8 nitrogen and oxygen atoms in total. The molecule has 194 valence electrons. The first-order valence-electron chi connectivity index (χ1n) is 12.7. The molecule has 0 aliphatic carbocycles. The molecule has 5 heterocycles. The van der Waals surface area contributed by atoms with Gasteiger partial charge in [0.2, 0.25) is 0 Å². The Morgan fingerprint density at radius 3 is 2.69 bits per heavy atom. The molecule has 3 N–H and O–H groups in total. The Bertz CT molecular complexity index is 1830. The number of anilines is 1. The molecule has 0 fully saturated rings. The van der Waals surface area contributed by atoms with Crippen LogP contribution in [0.2, 0.25) is 0 Å². The van der Waals surface area contributed by atoms with Gasteiger partial charge >= 0.3 is 0 Å². The minimum atomic E-state index is -0.309. The van der Waals surface area contributed by atoms with Crippen LogP contribution < -0.4 is 5.32 Å². The van der Waals surface area contributed by atoms with Crippen LogP contribution in [0.25, 0.3) is 56.0 Å². The lowest BCUT2D eigenvalue weighted by Gasteiger charge is -2.12. The first-order valence-corrected chi connectivity index (χ1v) is 12.7. The quantitative estimate of drug-likeness (QED) is 0.209. The van der Waals surface area contributed by atoms with E-state index in [-0.39, 0.29) is 5.82 Å². The number of fused-ring (bicyclic) bond motifs is 2. The molecule has 0 unspecified atom stereocenters. The SMILES string of the molecule is C=C(CC(C)C)Nc1cncc(-c2cc3c(-c4nc5c(-c6cc(C)cc(F)c6)nccc5[nH]4)n[nH]c3cn2)c1. The fourth-order valence-corrected chi connectivity index (χ4v) is 4.78. The monoisotopic (exact) mass is 518 g/mol. The Balaban J connectivity index is 1.39. The molecule has 0 saturated heterocycles. The van der Waals surface area contributed by atoms with Crippen molar-refractivity contribution in [1.82, 2.24) is 35.1 Å². The lowest BCUT2D eigenvalue weighted by Crippen LogP contribution is -2.02. The number of hydrogen-bond acceptors (Lipinski definition) is 6. The van der Waals surface area contributed by atoms with Gasteiger partial charge in [0, 0.05) is 34.6 Å². The number of H-pyrrole nitrogens is 2. The number of hydrogen-bond donors (Lipinski definition) is 3. The lowest BCUT2D eigenvalue weighted by molar-refractivity contribution is 0.627. The first kappa shape index (κ1) is 24.4. The Labute approximate surface area is 224 Å².